The molecule has 0 saturated carbocycles. The molecule has 1 saturated heterocycles. The maximum absolute atomic E-state index is 14.0. The number of hydrogen-bond acceptors (Lipinski definition) is 11. The number of nitrogens with zero attached hydrogens (tertiary/aromatic N) is 5. The van der Waals surface area contributed by atoms with Crippen molar-refractivity contribution in [2.75, 3.05) is 26.0 Å². The minimum absolute atomic E-state index is 0.171. The van der Waals surface area contributed by atoms with E-state index in [1.165, 1.54) is 5.01 Å². The Kier molecular flexibility index (Phi) is 11.2. The number of thioether (sulfide) groups is 1. The fourth-order valence-corrected chi connectivity index (χ4v) is 8.40. The topological polar surface area (TPSA) is 149 Å². The number of esters is 1. The number of cyclic esters (lactones) is 1. The minimum atomic E-state index is -0.960. The molecule has 2 N–H and O–H groups in total. The van der Waals surface area contributed by atoms with E-state index >= 15 is 0 Å². The fourth-order valence-electron chi connectivity index (χ4n) is 7.32. The number of carbonyl (C=O) groups is 3. The number of alkyl carbamates (subject to hydrolysis) is 1. The minimum Gasteiger partial charge on any atom is -0.464 e. The van der Waals surface area contributed by atoms with Crippen molar-refractivity contribution in [3.05, 3.63) is 34.8 Å². The zero-order chi connectivity index (χ0) is 37.4. The van der Waals surface area contributed by atoms with Gasteiger partial charge in [-0.15, -0.1) is 11.8 Å². The summed E-state index contributed by atoms with van der Waals surface area (Å²) in [5, 5.41) is 4.97. The summed E-state index contributed by atoms with van der Waals surface area (Å²) < 4.78 is 19.7. The van der Waals surface area contributed by atoms with Crippen LogP contribution in [0.5, 0.6) is 0 Å². The molecule has 6 heterocycles. The third-order valence-electron chi connectivity index (χ3n) is 9.85. The monoisotopic (exact) mass is 735 g/mol. The van der Waals surface area contributed by atoms with Crippen molar-refractivity contribution in [2.24, 2.45) is 15.4 Å². The van der Waals surface area contributed by atoms with Gasteiger partial charge >= 0.3 is 12.1 Å². The number of methoxy groups -OCH3 is 1. The Morgan fingerprint density at radius 1 is 1.25 bits per heavy atom. The van der Waals surface area contributed by atoms with Crippen LogP contribution in [0.15, 0.2) is 27.8 Å². The molecule has 4 atom stereocenters. The first-order chi connectivity index (χ1) is 24.7. The summed E-state index contributed by atoms with van der Waals surface area (Å²) in [5.41, 5.74) is 8.94. The number of pyridine rings is 1. The molecule has 13 nitrogen and oxygen atoms in total. The van der Waals surface area contributed by atoms with Crippen LogP contribution >= 0.6 is 11.8 Å². The van der Waals surface area contributed by atoms with E-state index < -0.39 is 35.2 Å². The van der Waals surface area contributed by atoms with Crippen molar-refractivity contribution in [3.8, 4) is 0 Å². The number of fused-ring (bicyclic) bond motifs is 5. The molecule has 0 aliphatic carbocycles. The number of aryl methyl sites for hydroxylation is 1. The Bertz CT molecular complexity index is 1810. The summed E-state index contributed by atoms with van der Waals surface area (Å²) >= 11 is 1.56. The van der Waals surface area contributed by atoms with E-state index in [9.17, 15) is 14.4 Å². The van der Waals surface area contributed by atoms with Gasteiger partial charge in [0, 0.05) is 55.1 Å². The van der Waals surface area contributed by atoms with E-state index in [4.69, 9.17) is 29.2 Å². The molecule has 0 spiro atoms. The third kappa shape index (κ3) is 8.23. The van der Waals surface area contributed by atoms with Gasteiger partial charge in [-0.25, -0.2) is 15.2 Å². The number of nitrogens with one attached hydrogen (secondary N) is 2. The molecule has 0 aromatic carbocycles. The zero-order valence-corrected chi connectivity index (χ0v) is 32.5. The Morgan fingerprint density at radius 2 is 2.04 bits per heavy atom. The predicted octanol–water partition coefficient (Wildman–Crippen LogP) is 5.76. The van der Waals surface area contributed by atoms with Gasteiger partial charge in [0.15, 0.2) is 0 Å². The number of carbonyl (C=O) groups excluding carboxylic acids is 3. The highest BCUT2D eigenvalue weighted by atomic mass is 32.2. The Balaban J connectivity index is 1.47. The van der Waals surface area contributed by atoms with Gasteiger partial charge in [0.1, 0.15) is 23.7 Å². The molecule has 6 rings (SSSR count). The normalized spacial score (nSPS) is 24.7. The number of amides is 2. The molecule has 14 heteroatoms. The number of aliphatic imine (C=N–C) groups is 2. The van der Waals surface area contributed by atoms with E-state index in [2.05, 4.69) is 48.2 Å². The van der Waals surface area contributed by atoms with Gasteiger partial charge in [-0.3, -0.25) is 24.6 Å². The summed E-state index contributed by atoms with van der Waals surface area (Å²) in [4.78, 5) is 55.8. The number of hydrogen-bond donors (Lipinski definition) is 2. The molecule has 6 bridgehead atoms. The second-order valence-electron chi connectivity index (χ2n) is 15.8. The molecule has 282 valence electrons. The van der Waals surface area contributed by atoms with E-state index in [0.29, 0.717) is 31.6 Å². The number of ether oxygens (including phenoxy) is 3. The van der Waals surface area contributed by atoms with Gasteiger partial charge in [0.05, 0.1) is 45.9 Å². The summed E-state index contributed by atoms with van der Waals surface area (Å²) in [6, 6.07) is 2.30. The van der Waals surface area contributed by atoms with Crippen LogP contribution in [0.4, 0.5) is 4.79 Å². The quantitative estimate of drug-likeness (QED) is 0.366. The fraction of sp³-hybridized carbons (Fsp3) is 0.632. The maximum Gasteiger partial charge on any atom is 0.408 e. The van der Waals surface area contributed by atoms with E-state index in [1.807, 2.05) is 13.1 Å². The number of aromatic nitrogens is 2. The average Bonchev–Trinajstić information content (AvgIpc) is 3.70. The van der Waals surface area contributed by atoms with Gasteiger partial charge in [-0.05, 0) is 78.9 Å². The molecule has 2 aromatic rings. The molecule has 1 fully saturated rings. The molecular weight excluding hydrogens is 683 g/mol. The Hall–Kier alpha value is -3.75. The summed E-state index contributed by atoms with van der Waals surface area (Å²) in [6.45, 7) is 15.0. The Labute approximate surface area is 310 Å². The number of hydrazine groups is 1. The van der Waals surface area contributed by atoms with Gasteiger partial charge in [0.25, 0.3) is 5.91 Å². The second kappa shape index (κ2) is 15.3. The molecule has 2 aromatic heterocycles. The van der Waals surface area contributed by atoms with Crippen LogP contribution in [-0.2, 0) is 36.8 Å². The lowest BCUT2D eigenvalue weighted by Crippen LogP contribution is -2.60. The molecule has 2 amide bonds. The molecule has 1 unspecified atom stereocenters. The summed E-state index contributed by atoms with van der Waals surface area (Å²) in [7, 11) is 1.71. The van der Waals surface area contributed by atoms with Gasteiger partial charge in [-0.1, -0.05) is 13.8 Å². The lowest BCUT2D eigenvalue weighted by Gasteiger charge is -2.35. The summed E-state index contributed by atoms with van der Waals surface area (Å²) in [6.07, 6.45) is 4.65. The van der Waals surface area contributed by atoms with Crippen molar-refractivity contribution in [2.45, 2.75) is 123 Å². The zero-order valence-electron chi connectivity index (χ0n) is 31.7. The van der Waals surface area contributed by atoms with Crippen molar-refractivity contribution in [1.82, 2.24) is 25.3 Å². The van der Waals surface area contributed by atoms with Gasteiger partial charge < -0.3 is 24.1 Å². The molecule has 52 heavy (non-hydrogen) atoms. The highest BCUT2D eigenvalue weighted by Gasteiger charge is 2.37. The standard InChI is InChI=1S/C38H53N7O6S/c1-9-44-29-15-14-25-28-20-52-30(40-28)18-27(42-36(48)51-37(3,4)5)34(46)45-17-11-13-26(43-45)35(47)50-21-38(6,7)19-24(32(29)41-25)33(44)23-12-10-16-39-31(23)22(2)49-8/h14-16,22,26-28,43H,9-13,17-21H2,1-8H3,(H,42,48)/t22-,26-,27-,28?/m0/s1. The third-order valence-corrected chi connectivity index (χ3v) is 10.9. The highest BCUT2D eigenvalue weighted by molar-refractivity contribution is 8.14. The van der Waals surface area contributed by atoms with Crippen LogP contribution in [0.3, 0.4) is 0 Å². The smallest absolute Gasteiger partial charge is 0.408 e. The molecule has 4 aliphatic heterocycles. The summed E-state index contributed by atoms with van der Waals surface area (Å²) in [5.74, 6) is -0.123. The van der Waals surface area contributed by atoms with E-state index in [1.54, 1.807) is 39.6 Å². The SMILES string of the molecule is CCn1c(C2=C([C@H](C)OC)N=CCC2)c2c3nc(ccc31)C1CSC(=N1)C[C@H](NC(=O)OC(C)(C)C)C(=O)N1CCC[C@H](N1)C(=O)OCC(C)(C)C2. The van der Waals surface area contributed by atoms with E-state index in [-0.39, 0.29) is 31.1 Å². The van der Waals surface area contributed by atoms with E-state index in [0.717, 1.165) is 63.7 Å². The van der Waals surface area contributed by atoms with Gasteiger partial charge in [-0.2, -0.15) is 0 Å². The van der Waals surface area contributed by atoms with Crippen LogP contribution in [0.1, 0.15) is 104 Å². The highest BCUT2D eigenvalue weighted by Crippen LogP contribution is 2.41. The maximum atomic E-state index is 14.0. The molecule has 4 aliphatic rings. The predicted molar refractivity (Wildman–Crippen MR) is 203 cm³/mol. The number of allylic oxidation sites excluding steroid dienone is 1. The van der Waals surface area contributed by atoms with Crippen molar-refractivity contribution < 1.29 is 28.6 Å². The van der Waals surface area contributed by atoms with Crippen LogP contribution in [0.25, 0.3) is 16.6 Å². The Morgan fingerprint density at radius 3 is 2.77 bits per heavy atom. The van der Waals surface area contributed by atoms with Crippen molar-refractivity contribution in [3.63, 3.8) is 0 Å². The molecule has 0 radical (unpaired) electrons. The van der Waals surface area contributed by atoms with Crippen LogP contribution < -0.4 is 10.7 Å². The van der Waals surface area contributed by atoms with Crippen LogP contribution in [0, 0.1) is 5.41 Å². The largest absolute Gasteiger partial charge is 0.464 e. The molecular formula is C38H53N7O6S. The first-order valence-electron chi connectivity index (χ1n) is 18.4. The number of rotatable bonds is 5. The van der Waals surface area contributed by atoms with Crippen LogP contribution in [-0.4, -0.2) is 93.6 Å². The first kappa shape index (κ1) is 38.0. The second-order valence-corrected chi connectivity index (χ2v) is 16.9. The van der Waals surface area contributed by atoms with Gasteiger partial charge in [0.2, 0.25) is 0 Å². The lowest BCUT2D eigenvalue weighted by molar-refractivity contribution is -0.155. The van der Waals surface area contributed by atoms with Crippen LogP contribution in [0.2, 0.25) is 0 Å². The van der Waals surface area contributed by atoms with Crippen molar-refractivity contribution in [1.29, 1.82) is 0 Å². The first-order valence-corrected chi connectivity index (χ1v) is 19.4. The average molecular weight is 736 g/mol. The van der Waals surface area contributed by atoms with Crippen molar-refractivity contribution >= 4 is 57.6 Å². The lowest BCUT2D eigenvalue weighted by atomic mass is 9.84.